The first-order valence-electron chi connectivity index (χ1n) is 8.73. The molecule has 1 aromatic heterocycles. The highest BCUT2D eigenvalue weighted by molar-refractivity contribution is 7.53. The third kappa shape index (κ3) is 5.14. The second-order valence-corrected chi connectivity index (χ2v) is 8.26. The molecule has 0 spiro atoms. The molecule has 148 valence electrons. The number of aromatic nitrogens is 2. The summed E-state index contributed by atoms with van der Waals surface area (Å²) in [6.45, 7) is 7.85. The molecule has 1 fully saturated rings. The molecule has 1 N–H and O–H groups in total. The minimum absolute atomic E-state index is 0.123. The fourth-order valence-electron chi connectivity index (χ4n) is 2.83. The Morgan fingerprint density at radius 2 is 1.96 bits per heavy atom. The zero-order chi connectivity index (χ0) is 19.3. The van der Waals surface area contributed by atoms with Gasteiger partial charge in [0.1, 0.15) is 12.6 Å². The lowest BCUT2D eigenvalue weighted by molar-refractivity contribution is -0.0454. The highest BCUT2D eigenvalue weighted by Crippen LogP contribution is 2.48. The standard InChI is InChI=1S/C16H27N2O7P/c1-5-23-26(21,24-6-2)10-22-9-13-11(3)7-14(25-13)18-8-12(4)15(19)17-16(18)20/h8,11,13-14H,5-7,9-10H2,1-4H3,(H,17,19,20). The third-order valence-corrected chi connectivity index (χ3v) is 5.98. The van der Waals surface area contributed by atoms with Gasteiger partial charge in [-0.2, -0.15) is 0 Å². The summed E-state index contributed by atoms with van der Waals surface area (Å²) in [5.74, 6) is 0.123. The number of hydrogen-bond acceptors (Lipinski definition) is 7. The Morgan fingerprint density at radius 1 is 1.31 bits per heavy atom. The van der Waals surface area contributed by atoms with Crippen LogP contribution in [0.4, 0.5) is 0 Å². The summed E-state index contributed by atoms with van der Waals surface area (Å²) >= 11 is 0. The topological polar surface area (TPSA) is 109 Å². The van der Waals surface area contributed by atoms with E-state index in [2.05, 4.69) is 4.98 Å². The fourth-order valence-corrected chi connectivity index (χ4v) is 4.17. The van der Waals surface area contributed by atoms with Crippen LogP contribution in [0.5, 0.6) is 0 Å². The normalized spacial score (nSPS) is 23.5. The zero-order valence-electron chi connectivity index (χ0n) is 15.6. The van der Waals surface area contributed by atoms with Crippen molar-refractivity contribution in [2.45, 2.75) is 46.4 Å². The first-order chi connectivity index (χ1) is 12.3. The lowest BCUT2D eigenvalue weighted by Crippen LogP contribution is -2.33. The van der Waals surface area contributed by atoms with E-state index < -0.39 is 25.1 Å². The minimum Gasteiger partial charge on any atom is -0.366 e. The van der Waals surface area contributed by atoms with E-state index in [4.69, 9.17) is 18.5 Å². The SMILES string of the molecule is CCOP(=O)(COCC1OC(n2cc(C)c(=O)[nH]c2=O)CC1C)OCC. The predicted molar refractivity (Wildman–Crippen MR) is 95.4 cm³/mol. The number of aromatic amines is 1. The molecule has 3 atom stereocenters. The molecule has 0 bridgehead atoms. The molecule has 0 amide bonds. The summed E-state index contributed by atoms with van der Waals surface area (Å²) in [7, 11) is -3.26. The number of ether oxygens (including phenoxy) is 2. The van der Waals surface area contributed by atoms with Crippen molar-refractivity contribution in [1.82, 2.24) is 9.55 Å². The lowest BCUT2D eigenvalue weighted by Gasteiger charge is -2.20. The smallest absolute Gasteiger partial charge is 0.356 e. The Bertz CT molecular complexity index is 750. The van der Waals surface area contributed by atoms with Crippen LogP contribution in [0.25, 0.3) is 0 Å². The minimum atomic E-state index is -3.26. The second-order valence-electron chi connectivity index (χ2n) is 6.27. The highest BCUT2D eigenvalue weighted by atomic mass is 31.2. The van der Waals surface area contributed by atoms with Crippen molar-refractivity contribution in [1.29, 1.82) is 0 Å². The van der Waals surface area contributed by atoms with E-state index in [1.54, 1.807) is 20.8 Å². The highest BCUT2D eigenvalue weighted by Gasteiger charge is 2.35. The van der Waals surface area contributed by atoms with Crippen LogP contribution in [-0.4, -0.2) is 41.8 Å². The van der Waals surface area contributed by atoms with Crippen molar-refractivity contribution < 1.29 is 23.1 Å². The molecule has 1 aromatic rings. The van der Waals surface area contributed by atoms with Crippen molar-refractivity contribution in [3.8, 4) is 0 Å². The van der Waals surface area contributed by atoms with Crippen LogP contribution in [0.3, 0.4) is 0 Å². The van der Waals surface area contributed by atoms with Crippen molar-refractivity contribution in [2.24, 2.45) is 5.92 Å². The van der Waals surface area contributed by atoms with Crippen LogP contribution in [0.15, 0.2) is 15.8 Å². The van der Waals surface area contributed by atoms with E-state index in [1.807, 2.05) is 6.92 Å². The molecule has 26 heavy (non-hydrogen) atoms. The molecule has 2 rings (SSSR count). The van der Waals surface area contributed by atoms with Crippen molar-refractivity contribution in [3.63, 3.8) is 0 Å². The Morgan fingerprint density at radius 3 is 2.58 bits per heavy atom. The third-order valence-electron chi connectivity index (χ3n) is 4.18. The van der Waals surface area contributed by atoms with E-state index in [9.17, 15) is 14.2 Å². The van der Waals surface area contributed by atoms with Gasteiger partial charge in [-0.25, -0.2) is 4.79 Å². The molecule has 3 unspecified atom stereocenters. The molecule has 10 heteroatoms. The molecule has 2 heterocycles. The molecule has 1 aliphatic heterocycles. The molecular formula is C16H27N2O7P. The maximum absolute atomic E-state index is 12.4. The predicted octanol–water partition coefficient (Wildman–Crippen LogP) is 2.01. The molecule has 9 nitrogen and oxygen atoms in total. The Hall–Kier alpha value is -1.25. The van der Waals surface area contributed by atoms with E-state index in [1.165, 1.54) is 10.8 Å². The second kappa shape index (κ2) is 9.10. The van der Waals surface area contributed by atoms with E-state index in [0.717, 1.165) is 0 Å². The van der Waals surface area contributed by atoms with Gasteiger partial charge in [0.05, 0.1) is 25.9 Å². The summed E-state index contributed by atoms with van der Waals surface area (Å²) in [6, 6.07) is 0. The van der Waals surface area contributed by atoms with Gasteiger partial charge in [0.2, 0.25) is 0 Å². The first-order valence-corrected chi connectivity index (χ1v) is 10.5. The van der Waals surface area contributed by atoms with Crippen LogP contribution in [-0.2, 0) is 23.1 Å². The number of H-pyrrole nitrogens is 1. The van der Waals surface area contributed by atoms with E-state index in [-0.39, 0.29) is 38.2 Å². The number of nitrogens with one attached hydrogen (secondary N) is 1. The van der Waals surface area contributed by atoms with Gasteiger partial charge in [-0.15, -0.1) is 0 Å². The maximum atomic E-state index is 12.4. The molecule has 0 aliphatic carbocycles. The summed E-state index contributed by atoms with van der Waals surface area (Å²) in [5, 5.41) is 0. The molecular weight excluding hydrogens is 363 g/mol. The van der Waals surface area contributed by atoms with Crippen LogP contribution in [0, 0.1) is 12.8 Å². The Kier molecular flexibility index (Phi) is 7.37. The van der Waals surface area contributed by atoms with Gasteiger partial charge in [-0.1, -0.05) is 6.92 Å². The lowest BCUT2D eigenvalue weighted by atomic mass is 10.0. The van der Waals surface area contributed by atoms with Crippen molar-refractivity contribution in [3.05, 3.63) is 32.6 Å². The largest absolute Gasteiger partial charge is 0.366 e. The first kappa shape index (κ1) is 21.1. The van der Waals surface area contributed by atoms with Gasteiger partial charge >= 0.3 is 13.3 Å². The fraction of sp³-hybridized carbons (Fsp3) is 0.750. The molecule has 0 saturated carbocycles. The van der Waals surface area contributed by atoms with Gasteiger partial charge in [-0.3, -0.25) is 18.9 Å². The van der Waals surface area contributed by atoms with E-state index in [0.29, 0.717) is 12.0 Å². The summed E-state index contributed by atoms with van der Waals surface area (Å²) in [5.41, 5.74) is -0.466. The number of nitrogens with zero attached hydrogens (tertiary/aromatic N) is 1. The van der Waals surface area contributed by atoms with Gasteiger partial charge < -0.3 is 18.5 Å². The van der Waals surface area contributed by atoms with E-state index >= 15 is 0 Å². The summed E-state index contributed by atoms with van der Waals surface area (Å²) < 4.78 is 35.6. The van der Waals surface area contributed by atoms with Gasteiger partial charge in [0, 0.05) is 11.8 Å². The monoisotopic (exact) mass is 390 g/mol. The van der Waals surface area contributed by atoms with Crippen LogP contribution >= 0.6 is 7.60 Å². The summed E-state index contributed by atoms with van der Waals surface area (Å²) in [4.78, 5) is 25.8. The zero-order valence-corrected chi connectivity index (χ0v) is 16.5. The van der Waals surface area contributed by atoms with Crippen molar-refractivity contribution >= 4 is 7.60 Å². The van der Waals surface area contributed by atoms with Crippen LogP contribution < -0.4 is 11.2 Å². The molecule has 0 radical (unpaired) electrons. The molecule has 1 aliphatic rings. The number of rotatable bonds is 9. The Balaban J connectivity index is 1.97. The Labute approximate surface area is 152 Å². The number of aryl methyl sites for hydroxylation is 1. The average molecular weight is 390 g/mol. The van der Waals surface area contributed by atoms with Crippen molar-refractivity contribution in [2.75, 3.05) is 26.2 Å². The quantitative estimate of drug-likeness (QED) is 0.643. The number of hydrogen-bond donors (Lipinski definition) is 1. The average Bonchev–Trinajstić information content (AvgIpc) is 2.92. The maximum Gasteiger partial charge on any atom is 0.356 e. The molecule has 1 saturated heterocycles. The van der Waals surface area contributed by atoms with Gasteiger partial charge in [-0.05, 0) is 33.1 Å². The van der Waals surface area contributed by atoms with Crippen LogP contribution in [0.2, 0.25) is 0 Å². The van der Waals surface area contributed by atoms with Gasteiger partial charge in [0.15, 0.2) is 0 Å². The summed E-state index contributed by atoms with van der Waals surface area (Å²) in [6.07, 6.45) is 1.21. The molecule has 0 aromatic carbocycles. The van der Waals surface area contributed by atoms with Crippen LogP contribution in [0.1, 0.15) is 39.0 Å². The van der Waals surface area contributed by atoms with Gasteiger partial charge in [0.25, 0.3) is 5.56 Å².